The van der Waals surface area contributed by atoms with E-state index in [0.29, 0.717) is 18.3 Å². The van der Waals surface area contributed by atoms with Gasteiger partial charge in [0, 0.05) is 23.5 Å². The maximum absolute atomic E-state index is 12.3. The molecule has 1 N–H and O–H groups in total. The average Bonchev–Trinajstić information content (AvgIpc) is 3.42. The standard InChI is InChI=1S/C21H25N5OS2/c27-20(23-14-16-7-4-5-11-22-16)15-29-21-25-24-19(13-18-10-6-12-28-18)26(21)17-8-2-1-3-9-17/h4-7,10-12,17H,1-3,8-9,13-15H2,(H,23,27). The van der Waals surface area contributed by atoms with Crippen LogP contribution >= 0.6 is 23.1 Å². The highest BCUT2D eigenvalue weighted by Gasteiger charge is 2.23. The summed E-state index contributed by atoms with van der Waals surface area (Å²) in [5.74, 6) is 1.32. The van der Waals surface area contributed by atoms with Crippen LogP contribution in [-0.4, -0.2) is 31.4 Å². The van der Waals surface area contributed by atoms with Crippen LogP contribution in [0.15, 0.2) is 47.1 Å². The minimum absolute atomic E-state index is 0.0151. The summed E-state index contributed by atoms with van der Waals surface area (Å²) in [6, 6.07) is 10.3. The molecule has 0 aromatic carbocycles. The van der Waals surface area contributed by atoms with E-state index < -0.39 is 0 Å². The largest absolute Gasteiger partial charge is 0.350 e. The molecule has 1 aliphatic carbocycles. The highest BCUT2D eigenvalue weighted by molar-refractivity contribution is 7.99. The van der Waals surface area contributed by atoms with E-state index in [1.165, 1.54) is 35.9 Å². The van der Waals surface area contributed by atoms with E-state index in [-0.39, 0.29) is 5.91 Å². The van der Waals surface area contributed by atoms with Gasteiger partial charge in [0.25, 0.3) is 0 Å². The lowest BCUT2D eigenvalue weighted by molar-refractivity contribution is -0.118. The summed E-state index contributed by atoms with van der Waals surface area (Å²) in [5.41, 5.74) is 0.856. The number of aromatic nitrogens is 4. The third-order valence-electron chi connectivity index (χ3n) is 5.11. The zero-order chi connectivity index (χ0) is 19.9. The molecule has 8 heteroatoms. The van der Waals surface area contributed by atoms with Crippen molar-refractivity contribution in [2.45, 2.75) is 56.3 Å². The summed E-state index contributed by atoms with van der Waals surface area (Å²) in [7, 11) is 0. The smallest absolute Gasteiger partial charge is 0.230 e. The summed E-state index contributed by atoms with van der Waals surface area (Å²) < 4.78 is 2.30. The number of carbonyl (C=O) groups is 1. The predicted octanol–water partition coefficient (Wildman–Crippen LogP) is 4.24. The summed E-state index contributed by atoms with van der Waals surface area (Å²) in [6.07, 6.45) is 8.65. The van der Waals surface area contributed by atoms with Gasteiger partial charge in [-0.3, -0.25) is 9.78 Å². The molecule has 0 spiro atoms. The first-order chi connectivity index (χ1) is 14.3. The van der Waals surface area contributed by atoms with Crippen molar-refractivity contribution in [1.29, 1.82) is 0 Å². The van der Waals surface area contributed by atoms with E-state index in [1.807, 2.05) is 18.2 Å². The Morgan fingerprint density at radius 3 is 2.83 bits per heavy atom. The van der Waals surface area contributed by atoms with Crippen molar-refractivity contribution in [3.05, 3.63) is 58.3 Å². The van der Waals surface area contributed by atoms with E-state index in [4.69, 9.17) is 0 Å². The van der Waals surface area contributed by atoms with Gasteiger partial charge in [0.2, 0.25) is 5.91 Å². The molecule has 0 aliphatic heterocycles. The Balaban J connectivity index is 1.41. The van der Waals surface area contributed by atoms with Crippen LogP contribution in [-0.2, 0) is 17.8 Å². The Morgan fingerprint density at radius 1 is 1.17 bits per heavy atom. The number of thiophene rings is 1. The number of nitrogens with one attached hydrogen (secondary N) is 1. The van der Waals surface area contributed by atoms with Crippen LogP contribution in [0.4, 0.5) is 0 Å². The molecule has 4 rings (SSSR count). The van der Waals surface area contributed by atoms with E-state index in [9.17, 15) is 4.79 Å². The van der Waals surface area contributed by atoms with Gasteiger partial charge in [-0.2, -0.15) is 0 Å². The molecule has 3 heterocycles. The first-order valence-corrected chi connectivity index (χ1v) is 11.9. The second-order valence-electron chi connectivity index (χ2n) is 7.20. The molecule has 3 aromatic rings. The minimum Gasteiger partial charge on any atom is -0.350 e. The lowest BCUT2D eigenvalue weighted by atomic mass is 9.95. The Kier molecular flexibility index (Phi) is 6.95. The molecule has 1 aliphatic rings. The van der Waals surface area contributed by atoms with Crippen molar-refractivity contribution in [2.24, 2.45) is 0 Å². The fourth-order valence-corrected chi connectivity index (χ4v) is 5.23. The van der Waals surface area contributed by atoms with E-state index in [0.717, 1.165) is 35.9 Å². The van der Waals surface area contributed by atoms with Crippen molar-refractivity contribution in [2.75, 3.05) is 5.75 Å². The van der Waals surface area contributed by atoms with Crippen LogP contribution in [0.1, 0.15) is 54.5 Å². The monoisotopic (exact) mass is 427 g/mol. The molecule has 1 fully saturated rings. The number of pyridine rings is 1. The number of nitrogens with zero attached hydrogens (tertiary/aromatic N) is 4. The summed E-state index contributed by atoms with van der Waals surface area (Å²) in [6.45, 7) is 0.444. The normalized spacial score (nSPS) is 14.8. The molecule has 6 nitrogen and oxygen atoms in total. The molecule has 1 saturated carbocycles. The van der Waals surface area contributed by atoms with Gasteiger partial charge in [-0.15, -0.1) is 21.5 Å². The van der Waals surface area contributed by atoms with Gasteiger partial charge < -0.3 is 9.88 Å². The van der Waals surface area contributed by atoms with Crippen LogP contribution in [0.5, 0.6) is 0 Å². The lowest BCUT2D eigenvalue weighted by Gasteiger charge is -2.25. The quantitative estimate of drug-likeness (QED) is 0.545. The van der Waals surface area contributed by atoms with E-state index >= 15 is 0 Å². The summed E-state index contributed by atoms with van der Waals surface area (Å²) in [5, 5.41) is 14.8. The maximum Gasteiger partial charge on any atom is 0.230 e. The Bertz CT molecular complexity index is 905. The first-order valence-electron chi connectivity index (χ1n) is 10.0. The van der Waals surface area contributed by atoms with Gasteiger partial charge in [0.15, 0.2) is 5.16 Å². The molecule has 0 saturated heterocycles. The predicted molar refractivity (Wildman–Crippen MR) is 116 cm³/mol. The van der Waals surface area contributed by atoms with Crippen molar-refractivity contribution < 1.29 is 4.79 Å². The van der Waals surface area contributed by atoms with E-state index in [2.05, 4.69) is 42.6 Å². The number of hydrogen-bond acceptors (Lipinski definition) is 6. The number of rotatable bonds is 8. The first kappa shape index (κ1) is 20.1. The van der Waals surface area contributed by atoms with Gasteiger partial charge in [0.1, 0.15) is 5.82 Å². The van der Waals surface area contributed by atoms with Crippen LogP contribution in [0.25, 0.3) is 0 Å². The number of thioether (sulfide) groups is 1. The van der Waals surface area contributed by atoms with Crippen molar-refractivity contribution >= 4 is 29.0 Å². The van der Waals surface area contributed by atoms with Crippen molar-refractivity contribution in [3.63, 3.8) is 0 Å². The van der Waals surface area contributed by atoms with E-state index in [1.54, 1.807) is 17.5 Å². The second-order valence-corrected chi connectivity index (χ2v) is 9.18. The highest BCUT2D eigenvalue weighted by Crippen LogP contribution is 2.33. The molecular formula is C21H25N5OS2. The number of hydrogen-bond donors (Lipinski definition) is 1. The fraction of sp³-hybridized carbons (Fsp3) is 0.429. The Labute approximate surface area is 179 Å². The molecule has 1 amide bonds. The van der Waals surface area contributed by atoms with Gasteiger partial charge in [-0.05, 0) is 36.4 Å². The highest BCUT2D eigenvalue weighted by atomic mass is 32.2. The molecule has 0 bridgehead atoms. The van der Waals surface area contributed by atoms with Gasteiger partial charge in [-0.1, -0.05) is 43.2 Å². The molecule has 0 atom stereocenters. The average molecular weight is 428 g/mol. The number of carbonyl (C=O) groups excluding carboxylic acids is 1. The SMILES string of the molecule is O=C(CSc1nnc(Cc2cccs2)n1C1CCCCC1)NCc1ccccn1. The molecule has 3 aromatic heterocycles. The zero-order valence-electron chi connectivity index (χ0n) is 16.3. The second kappa shape index (κ2) is 10.0. The van der Waals surface area contributed by atoms with Gasteiger partial charge >= 0.3 is 0 Å². The van der Waals surface area contributed by atoms with Crippen LogP contribution < -0.4 is 5.32 Å². The summed E-state index contributed by atoms with van der Waals surface area (Å²) >= 11 is 3.22. The van der Waals surface area contributed by atoms with Crippen LogP contribution in [0.3, 0.4) is 0 Å². The lowest BCUT2D eigenvalue weighted by Crippen LogP contribution is -2.25. The third-order valence-corrected chi connectivity index (χ3v) is 6.93. The minimum atomic E-state index is -0.0151. The third kappa shape index (κ3) is 5.45. The molecular weight excluding hydrogens is 402 g/mol. The zero-order valence-corrected chi connectivity index (χ0v) is 17.9. The van der Waals surface area contributed by atoms with Crippen molar-refractivity contribution in [1.82, 2.24) is 25.1 Å². The Morgan fingerprint density at radius 2 is 2.07 bits per heavy atom. The van der Waals surface area contributed by atoms with Gasteiger partial charge in [0.05, 0.1) is 18.0 Å². The molecule has 29 heavy (non-hydrogen) atoms. The van der Waals surface area contributed by atoms with Crippen molar-refractivity contribution in [3.8, 4) is 0 Å². The number of amides is 1. The molecule has 0 unspecified atom stereocenters. The topological polar surface area (TPSA) is 72.7 Å². The Hall–Kier alpha value is -2.19. The molecule has 0 radical (unpaired) electrons. The maximum atomic E-state index is 12.3. The van der Waals surface area contributed by atoms with Crippen LogP contribution in [0, 0.1) is 0 Å². The summed E-state index contributed by atoms with van der Waals surface area (Å²) in [4.78, 5) is 17.9. The molecule has 152 valence electrons. The van der Waals surface area contributed by atoms with Gasteiger partial charge in [-0.25, -0.2) is 0 Å². The van der Waals surface area contributed by atoms with Crippen LogP contribution in [0.2, 0.25) is 0 Å². The fourth-order valence-electron chi connectivity index (χ4n) is 3.67.